The number of esters is 1. The number of aromatic nitrogens is 2. The summed E-state index contributed by atoms with van der Waals surface area (Å²) in [5.41, 5.74) is -0.414. The molecule has 2 aromatic rings. The second-order valence-corrected chi connectivity index (χ2v) is 6.64. The fourth-order valence-electron chi connectivity index (χ4n) is 3.75. The summed E-state index contributed by atoms with van der Waals surface area (Å²) in [7, 11) is 1.43. The van der Waals surface area contributed by atoms with Crippen LogP contribution in [0.25, 0.3) is 0 Å². The Kier molecular flexibility index (Phi) is 4.53. The molecule has 3 rings (SSSR count). The molecule has 1 aliphatic rings. The van der Waals surface area contributed by atoms with Gasteiger partial charge in [-0.3, -0.25) is 14.7 Å². The third kappa shape index (κ3) is 2.86. The molecule has 0 amide bonds. The van der Waals surface area contributed by atoms with E-state index in [2.05, 4.69) is 10.2 Å². The van der Waals surface area contributed by atoms with E-state index in [1.165, 1.54) is 13.2 Å². The maximum absolute atomic E-state index is 12.7. The topological polar surface area (TPSA) is 125 Å². The number of carbonyl (C=O) groups is 1. The van der Waals surface area contributed by atoms with Gasteiger partial charge in [-0.15, -0.1) is 0 Å². The molecule has 8 nitrogen and oxygen atoms in total. The Labute approximate surface area is 149 Å². The molecule has 0 spiro atoms. The number of carbonyl (C=O) groups excluding carboxylic acids is 1. The average Bonchev–Trinajstić information content (AvgIpc) is 2.93. The van der Waals surface area contributed by atoms with Crippen molar-refractivity contribution in [2.75, 3.05) is 13.7 Å². The third-order valence-electron chi connectivity index (χ3n) is 4.85. The summed E-state index contributed by atoms with van der Waals surface area (Å²) in [5.74, 6) is -2.22. The first-order chi connectivity index (χ1) is 12.3. The van der Waals surface area contributed by atoms with Crippen molar-refractivity contribution < 1.29 is 24.5 Å². The van der Waals surface area contributed by atoms with E-state index in [4.69, 9.17) is 9.47 Å². The van der Waals surface area contributed by atoms with Gasteiger partial charge in [0.25, 0.3) is 5.56 Å². The molecule has 3 atom stereocenters. The van der Waals surface area contributed by atoms with E-state index >= 15 is 0 Å². The second-order valence-electron chi connectivity index (χ2n) is 6.64. The molecule has 1 aromatic carbocycles. The summed E-state index contributed by atoms with van der Waals surface area (Å²) in [6.07, 6.45) is 0.100. The summed E-state index contributed by atoms with van der Waals surface area (Å²) >= 11 is 0. The van der Waals surface area contributed by atoms with Gasteiger partial charge in [0, 0.05) is 23.6 Å². The molecule has 1 aromatic heterocycles. The Balaban J connectivity index is 2.21. The highest BCUT2D eigenvalue weighted by molar-refractivity contribution is 5.77. The van der Waals surface area contributed by atoms with Crippen LogP contribution in [0.2, 0.25) is 0 Å². The van der Waals surface area contributed by atoms with Crippen molar-refractivity contribution in [3.63, 3.8) is 0 Å². The van der Waals surface area contributed by atoms with Gasteiger partial charge in [0.2, 0.25) is 0 Å². The molecular formula is C18H22N2O6. The number of hydrogen-bond acceptors (Lipinski definition) is 6. The van der Waals surface area contributed by atoms with Gasteiger partial charge in [0.05, 0.1) is 25.2 Å². The van der Waals surface area contributed by atoms with Gasteiger partial charge in [0.1, 0.15) is 0 Å². The Hall–Kier alpha value is -2.74. The molecular weight excluding hydrogens is 340 g/mol. The minimum Gasteiger partial charge on any atom is -0.504 e. The van der Waals surface area contributed by atoms with Crippen LogP contribution in [0.1, 0.15) is 36.6 Å². The number of ether oxygens (including phenoxy) is 2. The number of rotatable bonds is 4. The molecule has 8 heteroatoms. The van der Waals surface area contributed by atoms with Gasteiger partial charge in [-0.25, -0.2) is 0 Å². The highest BCUT2D eigenvalue weighted by Crippen LogP contribution is 2.45. The quantitative estimate of drug-likeness (QED) is 0.602. The van der Waals surface area contributed by atoms with Crippen LogP contribution in [0.5, 0.6) is 11.5 Å². The van der Waals surface area contributed by atoms with E-state index in [1.807, 2.05) is 0 Å². The van der Waals surface area contributed by atoms with E-state index < -0.39 is 23.4 Å². The van der Waals surface area contributed by atoms with Gasteiger partial charge in [-0.05, 0) is 31.5 Å². The van der Waals surface area contributed by atoms with Crippen LogP contribution in [0.4, 0.5) is 0 Å². The summed E-state index contributed by atoms with van der Waals surface area (Å²) in [6, 6.07) is 4.65. The predicted octanol–water partition coefficient (Wildman–Crippen LogP) is 1.04. The predicted molar refractivity (Wildman–Crippen MR) is 92.4 cm³/mol. The van der Waals surface area contributed by atoms with E-state index in [-0.39, 0.29) is 30.1 Å². The number of aliphatic hydroxyl groups is 1. The van der Waals surface area contributed by atoms with E-state index in [0.717, 1.165) is 0 Å². The van der Waals surface area contributed by atoms with Crippen LogP contribution in [0.15, 0.2) is 23.0 Å². The van der Waals surface area contributed by atoms with Crippen LogP contribution in [-0.4, -0.2) is 45.7 Å². The lowest BCUT2D eigenvalue weighted by Gasteiger charge is -2.40. The molecule has 0 aliphatic heterocycles. The van der Waals surface area contributed by atoms with Crippen molar-refractivity contribution in [3.8, 4) is 11.5 Å². The van der Waals surface area contributed by atoms with Crippen molar-refractivity contribution >= 4 is 5.97 Å². The maximum atomic E-state index is 12.7. The van der Waals surface area contributed by atoms with Crippen molar-refractivity contribution in [2.24, 2.45) is 5.92 Å². The SMILES string of the molecule is CCOC(=O)[C@@H]1[C@@H](c2ccc(OC)c(O)c2)c2c([nH][nH]c2=O)C[C@@]1(C)O. The molecule has 0 radical (unpaired) electrons. The summed E-state index contributed by atoms with van der Waals surface area (Å²) < 4.78 is 10.2. The van der Waals surface area contributed by atoms with Crippen LogP contribution in [-0.2, 0) is 16.0 Å². The lowest BCUT2D eigenvalue weighted by Crippen LogP contribution is -2.50. The minimum atomic E-state index is -1.44. The number of benzene rings is 1. The van der Waals surface area contributed by atoms with Gasteiger partial charge >= 0.3 is 5.97 Å². The molecule has 1 aliphatic carbocycles. The number of phenols is 1. The van der Waals surface area contributed by atoms with Crippen LogP contribution in [0, 0.1) is 5.92 Å². The van der Waals surface area contributed by atoms with E-state index in [0.29, 0.717) is 16.8 Å². The first kappa shape index (κ1) is 18.1. The van der Waals surface area contributed by atoms with Gasteiger partial charge in [-0.1, -0.05) is 6.07 Å². The number of methoxy groups -OCH3 is 1. The number of hydrogen-bond donors (Lipinski definition) is 4. The zero-order chi connectivity index (χ0) is 19.1. The molecule has 4 N–H and O–H groups in total. The Morgan fingerprint density at radius 3 is 2.73 bits per heavy atom. The highest BCUT2D eigenvalue weighted by atomic mass is 16.5. The number of aromatic amines is 2. The maximum Gasteiger partial charge on any atom is 0.312 e. The number of aromatic hydroxyl groups is 1. The zero-order valence-corrected chi connectivity index (χ0v) is 14.8. The lowest BCUT2D eigenvalue weighted by molar-refractivity contribution is -0.159. The third-order valence-corrected chi connectivity index (χ3v) is 4.85. The number of phenolic OH excluding ortho intramolecular Hbond substituents is 1. The first-order valence-electron chi connectivity index (χ1n) is 8.35. The largest absolute Gasteiger partial charge is 0.504 e. The molecule has 0 bridgehead atoms. The van der Waals surface area contributed by atoms with E-state index in [9.17, 15) is 19.8 Å². The fourth-order valence-corrected chi connectivity index (χ4v) is 3.75. The molecule has 140 valence electrons. The average molecular weight is 362 g/mol. The van der Waals surface area contributed by atoms with Crippen LogP contribution < -0.4 is 10.3 Å². The standard InChI is InChI=1S/C18H22N2O6/c1-4-26-17(23)15-13(9-5-6-12(25-3)11(21)7-9)14-10(8-18(15,2)24)19-20-16(14)22/h5-7,13,15,21,24H,4,8H2,1-3H3,(H2,19,20,22)/t13-,15-,18+/m0/s1. The molecule has 26 heavy (non-hydrogen) atoms. The van der Waals surface area contributed by atoms with Crippen molar-refractivity contribution in [1.82, 2.24) is 10.2 Å². The fraction of sp³-hybridized carbons (Fsp3) is 0.444. The number of H-pyrrole nitrogens is 2. The molecule has 0 saturated carbocycles. The van der Waals surface area contributed by atoms with Crippen molar-refractivity contribution in [2.45, 2.75) is 31.8 Å². The molecule has 0 unspecified atom stereocenters. The smallest absolute Gasteiger partial charge is 0.312 e. The van der Waals surface area contributed by atoms with E-state index in [1.54, 1.807) is 26.0 Å². The first-order valence-corrected chi connectivity index (χ1v) is 8.35. The van der Waals surface area contributed by atoms with Gasteiger partial charge in [0.15, 0.2) is 11.5 Å². The Morgan fingerprint density at radius 1 is 1.38 bits per heavy atom. The van der Waals surface area contributed by atoms with Crippen molar-refractivity contribution in [1.29, 1.82) is 0 Å². The Morgan fingerprint density at radius 2 is 2.12 bits per heavy atom. The minimum absolute atomic E-state index is 0.100. The molecule has 1 heterocycles. The molecule has 0 fully saturated rings. The number of nitrogens with one attached hydrogen (secondary N) is 2. The second kappa shape index (κ2) is 6.53. The normalized spacial score (nSPS) is 24.8. The monoisotopic (exact) mass is 362 g/mol. The summed E-state index contributed by atoms with van der Waals surface area (Å²) in [4.78, 5) is 25.0. The number of fused-ring (bicyclic) bond motifs is 1. The highest BCUT2D eigenvalue weighted by Gasteiger charge is 2.51. The zero-order valence-electron chi connectivity index (χ0n) is 14.8. The van der Waals surface area contributed by atoms with Gasteiger partial charge < -0.3 is 24.8 Å². The Bertz CT molecular complexity index is 882. The van der Waals surface area contributed by atoms with Crippen LogP contribution >= 0.6 is 0 Å². The summed E-state index contributed by atoms with van der Waals surface area (Å²) in [6.45, 7) is 3.37. The van der Waals surface area contributed by atoms with Gasteiger partial charge in [-0.2, -0.15) is 0 Å². The summed E-state index contributed by atoms with van der Waals surface area (Å²) in [5, 5.41) is 26.4. The lowest BCUT2D eigenvalue weighted by atomic mass is 9.66. The van der Waals surface area contributed by atoms with Crippen molar-refractivity contribution in [3.05, 3.63) is 45.4 Å². The van der Waals surface area contributed by atoms with Crippen LogP contribution in [0.3, 0.4) is 0 Å². The molecule has 0 saturated heterocycles.